The number of hydrogen-bond acceptors (Lipinski definition) is 4. The second-order valence-corrected chi connectivity index (χ2v) is 5.00. The average Bonchev–Trinajstić information content (AvgIpc) is 2.09. The molecule has 0 fully saturated rings. The van der Waals surface area contributed by atoms with Gasteiger partial charge in [0.15, 0.2) is 13.2 Å². The molecule has 0 saturated carbocycles. The zero-order chi connectivity index (χ0) is 14.6. The van der Waals surface area contributed by atoms with E-state index in [1.54, 1.807) is 0 Å². The highest BCUT2D eigenvalue weighted by atomic mass is 31.2. The van der Waals surface area contributed by atoms with E-state index in [1.165, 1.54) is 13.8 Å². The van der Waals surface area contributed by atoms with E-state index in [0.29, 0.717) is 0 Å². The van der Waals surface area contributed by atoms with Crippen molar-refractivity contribution in [1.29, 1.82) is 0 Å². The predicted octanol–water partition coefficient (Wildman–Crippen LogP) is 3.68. The Morgan fingerprint density at radius 2 is 1.28 bits per heavy atom. The largest absolute Gasteiger partial charge is 0.475 e. The summed E-state index contributed by atoms with van der Waals surface area (Å²) in [6.07, 6.45) is -10.7. The van der Waals surface area contributed by atoms with Crippen LogP contribution in [0, 0.1) is 0 Å². The van der Waals surface area contributed by atoms with Crippen molar-refractivity contribution >= 4 is 7.82 Å². The molecule has 0 aliphatic heterocycles. The van der Waals surface area contributed by atoms with Crippen molar-refractivity contribution in [2.75, 3.05) is 13.2 Å². The maximum absolute atomic E-state index is 11.8. The van der Waals surface area contributed by atoms with Crippen LogP contribution in [0.4, 0.5) is 26.3 Å². The van der Waals surface area contributed by atoms with Crippen LogP contribution >= 0.6 is 7.82 Å². The van der Waals surface area contributed by atoms with Gasteiger partial charge < -0.3 is 0 Å². The molecule has 0 N–H and O–H groups in total. The lowest BCUT2D eigenvalue weighted by molar-refractivity contribution is -0.171. The fraction of sp³-hybridized carbons (Fsp3) is 1.00. The zero-order valence-corrected chi connectivity index (χ0v) is 10.2. The second-order valence-electron chi connectivity index (χ2n) is 3.38. The summed E-state index contributed by atoms with van der Waals surface area (Å²) in [7, 11) is -4.91. The van der Waals surface area contributed by atoms with Crippen LogP contribution in [-0.4, -0.2) is 31.7 Å². The normalized spacial score (nSPS) is 14.3. The first kappa shape index (κ1) is 17.7. The van der Waals surface area contributed by atoms with Crippen molar-refractivity contribution in [1.82, 2.24) is 0 Å². The van der Waals surface area contributed by atoms with E-state index in [-0.39, 0.29) is 0 Å². The highest BCUT2D eigenvalue weighted by molar-refractivity contribution is 7.48. The van der Waals surface area contributed by atoms with Gasteiger partial charge in [-0.1, -0.05) is 0 Å². The molecule has 0 aromatic carbocycles. The molecule has 0 atom stereocenters. The highest BCUT2D eigenvalue weighted by Gasteiger charge is 2.40. The number of rotatable bonds is 6. The zero-order valence-electron chi connectivity index (χ0n) is 9.34. The molecule has 0 amide bonds. The van der Waals surface area contributed by atoms with Gasteiger partial charge in [-0.2, -0.15) is 26.3 Å². The summed E-state index contributed by atoms with van der Waals surface area (Å²) in [4.78, 5) is 0. The van der Waals surface area contributed by atoms with E-state index in [0.717, 1.165) is 0 Å². The SMILES string of the molecule is CC(C)OP(=O)(OCC(F)(F)F)OCC(F)(F)F. The maximum Gasteiger partial charge on any atom is 0.475 e. The van der Waals surface area contributed by atoms with E-state index < -0.39 is 39.5 Å². The molecular formula is C7H11F6O4P. The van der Waals surface area contributed by atoms with Crippen LogP contribution in [0.15, 0.2) is 0 Å². The van der Waals surface area contributed by atoms with Gasteiger partial charge in [0.05, 0.1) is 6.10 Å². The van der Waals surface area contributed by atoms with E-state index in [9.17, 15) is 30.9 Å². The summed E-state index contributed by atoms with van der Waals surface area (Å²) in [6, 6.07) is 0. The third kappa shape index (κ3) is 9.69. The molecule has 0 aromatic heterocycles. The number of phosphoric acid groups is 1. The van der Waals surface area contributed by atoms with E-state index in [4.69, 9.17) is 0 Å². The smallest absolute Gasteiger partial charge is 0.284 e. The van der Waals surface area contributed by atoms with Crippen LogP contribution in [-0.2, 0) is 18.1 Å². The molecule has 0 aliphatic rings. The molecule has 0 radical (unpaired) electrons. The Labute approximate surface area is 98.8 Å². The topological polar surface area (TPSA) is 44.8 Å². The Balaban J connectivity index is 4.58. The number of halogens is 6. The predicted molar refractivity (Wildman–Crippen MR) is 47.8 cm³/mol. The van der Waals surface area contributed by atoms with Crippen LogP contribution in [0.3, 0.4) is 0 Å². The number of alkyl halides is 6. The first-order chi connectivity index (χ1) is 7.83. The van der Waals surface area contributed by atoms with Gasteiger partial charge in [-0.25, -0.2) is 4.57 Å². The van der Waals surface area contributed by atoms with Crippen molar-refractivity contribution in [3.63, 3.8) is 0 Å². The highest BCUT2D eigenvalue weighted by Crippen LogP contribution is 2.52. The first-order valence-corrected chi connectivity index (χ1v) is 6.00. The Morgan fingerprint density at radius 3 is 1.50 bits per heavy atom. The summed E-state index contributed by atoms with van der Waals surface area (Å²) >= 11 is 0. The second kappa shape index (κ2) is 6.23. The van der Waals surface area contributed by atoms with Crippen LogP contribution in [0.5, 0.6) is 0 Å². The monoisotopic (exact) mass is 304 g/mol. The van der Waals surface area contributed by atoms with Crippen LogP contribution in [0.1, 0.15) is 13.8 Å². The summed E-state index contributed by atoms with van der Waals surface area (Å²) in [5, 5.41) is 0. The lowest BCUT2D eigenvalue weighted by Crippen LogP contribution is -2.21. The van der Waals surface area contributed by atoms with Gasteiger partial charge in [-0.05, 0) is 13.8 Å². The molecule has 11 heteroatoms. The van der Waals surface area contributed by atoms with Crippen LogP contribution < -0.4 is 0 Å². The first-order valence-electron chi connectivity index (χ1n) is 4.54. The van der Waals surface area contributed by atoms with Crippen molar-refractivity contribution in [2.45, 2.75) is 32.3 Å². The van der Waals surface area contributed by atoms with E-state index >= 15 is 0 Å². The van der Waals surface area contributed by atoms with Crippen molar-refractivity contribution in [2.24, 2.45) is 0 Å². The number of phosphoric ester groups is 1. The lowest BCUT2D eigenvalue weighted by atomic mass is 10.5. The maximum atomic E-state index is 11.8. The molecule has 0 spiro atoms. The van der Waals surface area contributed by atoms with Crippen LogP contribution in [0.2, 0.25) is 0 Å². The van der Waals surface area contributed by atoms with Gasteiger partial charge in [0.25, 0.3) is 0 Å². The Hall–Kier alpha value is -0.310. The number of hydrogen-bond donors (Lipinski definition) is 0. The third-order valence-corrected chi connectivity index (χ3v) is 2.68. The van der Waals surface area contributed by atoms with Crippen LogP contribution in [0.25, 0.3) is 0 Å². The van der Waals surface area contributed by atoms with Gasteiger partial charge in [-0.3, -0.25) is 13.6 Å². The molecular weight excluding hydrogens is 293 g/mol. The minimum absolute atomic E-state index is 0.933. The lowest BCUT2D eigenvalue weighted by Gasteiger charge is -2.21. The van der Waals surface area contributed by atoms with Gasteiger partial charge in [0.2, 0.25) is 0 Å². The van der Waals surface area contributed by atoms with E-state index in [1.807, 2.05) is 0 Å². The van der Waals surface area contributed by atoms with Gasteiger partial charge >= 0.3 is 20.2 Å². The summed E-state index contributed by atoms with van der Waals surface area (Å²) in [5.41, 5.74) is 0. The summed E-state index contributed by atoms with van der Waals surface area (Å²) in [5.74, 6) is 0. The molecule has 110 valence electrons. The molecule has 0 aromatic rings. The fourth-order valence-electron chi connectivity index (χ4n) is 0.661. The Morgan fingerprint density at radius 1 is 0.944 bits per heavy atom. The molecule has 0 unspecified atom stereocenters. The molecule has 0 heterocycles. The Bertz CT molecular complexity index is 277. The fourth-order valence-corrected chi connectivity index (χ4v) is 1.98. The summed E-state index contributed by atoms with van der Waals surface area (Å²) in [6.45, 7) is -1.56. The van der Waals surface area contributed by atoms with Gasteiger partial charge in [-0.15, -0.1) is 0 Å². The minimum Gasteiger partial charge on any atom is -0.284 e. The molecule has 18 heavy (non-hydrogen) atoms. The molecule has 0 aliphatic carbocycles. The summed E-state index contributed by atoms with van der Waals surface area (Å²) < 4.78 is 94.3. The molecule has 0 rings (SSSR count). The molecule has 4 nitrogen and oxygen atoms in total. The molecule has 0 bridgehead atoms. The van der Waals surface area contributed by atoms with Crippen molar-refractivity contribution < 1.29 is 44.5 Å². The average molecular weight is 304 g/mol. The van der Waals surface area contributed by atoms with Crippen molar-refractivity contribution in [3.05, 3.63) is 0 Å². The Kier molecular flexibility index (Phi) is 6.12. The van der Waals surface area contributed by atoms with E-state index in [2.05, 4.69) is 13.6 Å². The molecule has 0 saturated heterocycles. The van der Waals surface area contributed by atoms with Gasteiger partial charge in [0.1, 0.15) is 0 Å². The van der Waals surface area contributed by atoms with Crippen molar-refractivity contribution in [3.8, 4) is 0 Å². The van der Waals surface area contributed by atoms with Gasteiger partial charge in [0, 0.05) is 0 Å². The minimum atomic E-state index is -4.91. The quantitative estimate of drug-likeness (QED) is 0.555. The standard InChI is InChI=1S/C7H11F6O4P/c1-5(2)17-18(14,15-3-6(8,9)10)16-4-7(11,12)13/h5H,3-4H2,1-2H3. The third-order valence-electron chi connectivity index (χ3n) is 1.11.